The Labute approximate surface area is 165 Å². The first-order valence-electron chi connectivity index (χ1n) is 8.77. The normalized spacial score (nSPS) is 11.6. The lowest BCUT2D eigenvalue weighted by atomic mass is 10.2. The lowest BCUT2D eigenvalue weighted by Gasteiger charge is -2.15. The molecule has 6 nitrogen and oxygen atoms in total. The summed E-state index contributed by atoms with van der Waals surface area (Å²) in [6, 6.07) is 18.2. The van der Waals surface area contributed by atoms with Gasteiger partial charge in [-0.25, -0.2) is 12.7 Å². The van der Waals surface area contributed by atoms with Crippen molar-refractivity contribution in [2.75, 3.05) is 19.4 Å². The van der Waals surface area contributed by atoms with Crippen molar-refractivity contribution in [3.05, 3.63) is 71.9 Å². The van der Waals surface area contributed by atoms with Gasteiger partial charge in [0.2, 0.25) is 10.0 Å². The molecule has 146 valence electrons. The van der Waals surface area contributed by atoms with Crippen LogP contribution in [-0.2, 0) is 17.1 Å². The van der Waals surface area contributed by atoms with Crippen LogP contribution in [0.3, 0.4) is 0 Å². The molecule has 2 aromatic carbocycles. The first-order valence-corrected chi connectivity index (χ1v) is 10.2. The van der Waals surface area contributed by atoms with Crippen molar-refractivity contribution in [3.63, 3.8) is 0 Å². The predicted octanol–water partition coefficient (Wildman–Crippen LogP) is 3.50. The molecule has 0 atom stereocenters. The maximum atomic E-state index is 12.8. The second-order valence-electron chi connectivity index (χ2n) is 6.75. The van der Waals surface area contributed by atoms with Gasteiger partial charge in [0.1, 0.15) is 5.69 Å². The molecule has 1 aromatic heterocycles. The summed E-state index contributed by atoms with van der Waals surface area (Å²) in [4.78, 5) is 13.0. The largest absolute Gasteiger partial charge is 0.340 e. The fraction of sp³-hybridized carbons (Fsp3) is 0.190. The van der Waals surface area contributed by atoms with Crippen molar-refractivity contribution >= 4 is 21.6 Å². The number of hydrogen-bond acceptors (Lipinski definition) is 3. The number of aromatic nitrogens is 1. The van der Waals surface area contributed by atoms with Gasteiger partial charge in [-0.2, -0.15) is 0 Å². The summed E-state index contributed by atoms with van der Waals surface area (Å²) >= 11 is 0. The van der Waals surface area contributed by atoms with Crippen LogP contribution in [0.15, 0.2) is 65.6 Å². The summed E-state index contributed by atoms with van der Waals surface area (Å²) in [6.45, 7) is 1.82. The van der Waals surface area contributed by atoms with Crippen LogP contribution in [0.1, 0.15) is 16.1 Å². The standard InChI is InChI=1S/C21H23N3O3S/c1-15-10-11-17(28(26,27)23(2)3)14-18(15)22-21(25)20-13-12-19(24(20)4)16-8-6-5-7-9-16/h5-14H,1-4H3,(H,22,25). The van der Waals surface area contributed by atoms with Crippen molar-refractivity contribution < 1.29 is 13.2 Å². The lowest BCUT2D eigenvalue weighted by Crippen LogP contribution is -2.23. The Bertz CT molecular complexity index is 1120. The summed E-state index contributed by atoms with van der Waals surface area (Å²) in [5.74, 6) is -0.299. The van der Waals surface area contributed by atoms with Crippen molar-refractivity contribution in [1.82, 2.24) is 8.87 Å². The molecule has 0 aliphatic rings. The van der Waals surface area contributed by atoms with E-state index in [0.29, 0.717) is 11.4 Å². The summed E-state index contributed by atoms with van der Waals surface area (Å²) in [5, 5.41) is 2.84. The van der Waals surface area contributed by atoms with Gasteiger partial charge in [0.15, 0.2) is 0 Å². The Kier molecular flexibility index (Phi) is 5.40. The van der Waals surface area contributed by atoms with Crippen molar-refractivity contribution in [3.8, 4) is 11.3 Å². The van der Waals surface area contributed by atoms with E-state index in [0.717, 1.165) is 21.1 Å². The summed E-state index contributed by atoms with van der Waals surface area (Å²) in [5.41, 5.74) is 3.67. The van der Waals surface area contributed by atoms with Crippen LogP contribution in [0.5, 0.6) is 0 Å². The molecule has 3 aromatic rings. The quantitative estimate of drug-likeness (QED) is 0.716. The van der Waals surface area contributed by atoms with Gasteiger partial charge < -0.3 is 9.88 Å². The molecule has 1 amide bonds. The third-order valence-electron chi connectivity index (χ3n) is 4.66. The lowest BCUT2D eigenvalue weighted by molar-refractivity contribution is 0.101. The number of hydrogen-bond donors (Lipinski definition) is 1. The molecule has 7 heteroatoms. The molecule has 0 saturated heterocycles. The van der Waals surface area contributed by atoms with Gasteiger partial charge in [-0.1, -0.05) is 36.4 Å². The van der Waals surface area contributed by atoms with Gasteiger partial charge in [0, 0.05) is 32.5 Å². The van der Waals surface area contributed by atoms with Gasteiger partial charge in [-0.3, -0.25) is 4.79 Å². The molecule has 1 heterocycles. The Hall–Kier alpha value is -2.90. The number of nitrogens with zero attached hydrogens (tertiary/aromatic N) is 2. The average Bonchev–Trinajstić information content (AvgIpc) is 3.05. The smallest absolute Gasteiger partial charge is 0.272 e. The van der Waals surface area contributed by atoms with Crippen molar-refractivity contribution in [1.29, 1.82) is 0 Å². The molecule has 0 saturated carbocycles. The van der Waals surface area contributed by atoms with E-state index in [2.05, 4.69) is 5.32 Å². The fourth-order valence-corrected chi connectivity index (χ4v) is 3.86. The van der Waals surface area contributed by atoms with E-state index < -0.39 is 10.0 Å². The van der Waals surface area contributed by atoms with Crippen LogP contribution in [0, 0.1) is 6.92 Å². The highest BCUT2D eigenvalue weighted by Gasteiger charge is 2.20. The number of rotatable bonds is 5. The van der Waals surface area contributed by atoms with E-state index in [1.807, 2.05) is 54.9 Å². The fourth-order valence-electron chi connectivity index (χ4n) is 2.93. The van der Waals surface area contributed by atoms with Crippen LogP contribution < -0.4 is 5.32 Å². The van der Waals surface area contributed by atoms with Crippen LogP contribution >= 0.6 is 0 Å². The first-order chi connectivity index (χ1) is 13.2. The second-order valence-corrected chi connectivity index (χ2v) is 8.90. The van der Waals surface area contributed by atoms with E-state index >= 15 is 0 Å². The Morgan fingerprint density at radius 3 is 2.32 bits per heavy atom. The minimum Gasteiger partial charge on any atom is -0.340 e. The molecular formula is C21H23N3O3S. The van der Waals surface area contributed by atoms with E-state index in [9.17, 15) is 13.2 Å². The molecule has 0 bridgehead atoms. The zero-order valence-electron chi connectivity index (χ0n) is 16.3. The maximum absolute atomic E-state index is 12.8. The summed E-state index contributed by atoms with van der Waals surface area (Å²) in [7, 11) is 1.20. The summed E-state index contributed by atoms with van der Waals surface area (Å²) < 4.78 is 27.7. The molecule has 0 aliphatic carbocycles. The van der Waals surface area contributed by atoms with Gasteiger partial charge in [-0.15, -0.1) is 0 Å². The van der Waals surface area contributed by atoms with Gasteiger partial charge in [0.25, 0.3) is 5.91 Å². The Morgan fingerprint density at radius 1 is 1.00 bits per heavy atom. The zero-order valence-corrected chi connectivity index (χ0v) is 17.1. The molecule has 1 N–H and O–H groups in total. The van der Waals surface area contributed by atoms with Crippen LogP contribution in [0.4, 0.5) is 5.69 Å². The maximum Gasteiger partial charge on any atom is 0.272 e. The molecular weight excluding hydrogens is 374 g/mol. The van der Waals surface area contributed by atoms with Gasteiger partial charge >= 0.3 is 0 Å². The van der Waals surface area contributed by atoms with E-state index in [4.69, 9.17) is 0 Å². The predicted molar refractivity (Wildman–Crippen MR) is 111 cm³/mol. The summed E-state index contributed by atoms with van der Waals surface area (Å²) in [6.07, 6.45) is 0. The average molecular weight is 398 g/mol. The zero-order chi connectivity index (χ0) is 20.5. The van der Waals surface area contributed by atoms with E-state index in [1.54, 1.807) is 12.1 Å². The highest BCUT2D eigenvalue weighted by molar-refractivity contribution is 7.89. The van der Waals surface area contributed by atoms with Gasteiger partial charge in [0.05, 0.1) is 4.90 Å². The number of amides is 1. The molecule has 3 rings (SSSR count). The molecule has 0 aliphatic heterocycles. The minimum atomic E-state index is -3.58. The van der Waals surface area contributed by atoms with Crippen LogP contribution in [0.25, 0.3) is 11.3 Å². The highest BCUT2D eigenvalue weighted by Crippen LogP contribution is 2.25. The van der Waals surface area contributed by atoms with Gasteiger partial charge in [-0.05, 0) is 42.3 Å². The minimum absolute atomic E-state index is 0.134. The third kappa shape index (κ3) is 3.72. The number of aryl methyl sites for hydroxylation is 1. The van der Waals surface area contributed by atoms with Crippen LogP contribution in [0.2, 0.25) is 0 Å². The SMILES string of the molecule is Cc1ccc(S(=O)(=O)N(C)C)cc1NC(=O)c1ccc(-c2ccccc2)n1C. The van der Waals surface area contributed by atoms with Crippen molar-refractivity contribution in [2.24, 2.45) is 7.05 Å². The Balaban J connectivity index is 1.91. The number of carbonyl (C=O) groups is 1. The van der Waals surface area contributed by atoms with Crippen LogP contribution in [-0.4, -0.2) is 37.3 Å². The van der Waals surface area contributed by atoms with E-state index in [1.165, 1.54) is 26.2 Å². The highest BCUT2D eigenvalue weighted by atomic mass is 32.2. The van der Waals surface area contributed by atoms with Crippen molar-refractivity contribution in [2.45, 2.75) is 11.8 Å². The number of anilines is 1. The third-order valence-corrected chi connectivity index (χ3v) is 6.47. The number of benzene rings is 2. The number of nitrogens with one attached hydrogen (secondary N) is 1. The Morgan fingerprint density at radius 2 is 1.68 bits per heavy atom. The molecule has 0 spiro atoms. The molecule has 0 radical (unpaired) electrons. The first kappa shape index (κ1) is 19.9. The molecule has 0 fully saturated rings. The second kappa shape index (κ2) is 7.61. The monoisotopic (exact) mass is 397 g/mol. The number of sulfonamides is 1. The molecule has 0 unspecified atom stereocenters. The van der Waals surface area contributed by atoms with E-state index in [-0.39, 0.29) is 10.8 Å². The molecule has 28 heavy (non-hydrogen) atoms. The topological polar surface area (TPSA) is 71.4 Å². The number of carbonyl (C=O) groups excluding carboxylic acids is 1.